The van der Waals surface area contributed by atoms with Crippen LogP contribution in [-0.2, 0) is 4.79 Å². The number of hydrogen-bond donors (Lipinski definition) is 1. The Morgan fingerprint density at radius 2 is 1.96 bits per heavy atom. The molecular formula is C21H24N2O2S. The van der Waals surface area contributed by atoms with E-state index in [9.17, 15) is 4.79 Å². The van der Waals surface area contributed by atoms with E-state index in [1.807, 2.05) is 38.1 Å². The van der Waals surface area contributed by atoms with Crippen LogP contribution < -0.4 is 10.1 Å². The zero-order valence-electron chi connectivity index (χ0n) is 15.6. The monoisotopic (exact) mass is 368 g/mol. The Kier molecular flexibility index (Phi) is 5.57. The smallest absolute Gasteiger partial charge is 0.264 e. The molecule has 136 valence electrons. The fourth-order valence-electron chi connectivity index (χ4n) is 2.86. The van der Waals surface area contributed by atoms with E-state index in [1.165, 1.54) is 16.9 Å². The summed E-state index contributed by atoms with van der Waals surface area (Å²) in [6.45, 7) is 8.32. The first-order valence-corrected chi connectivity index (χ1v) is 9.69. The van der Waals surface area contributed by atoms with Crippen molar-refractivity contribution < 1.29 is 9.53 Å². The first-order valence-electron chi connectivity index (χ1n) is 8.87. The van der Waals surface area contributed by atoms with Crippen LogP contribution in [0.5, 0.6) is 5.75 Å². The highest BCUT2D eigenvalue weighted by Gasteiger charge is 2.12. The average Bonchev–Trinajstić information content (AvgIpc) is 3.01. The van der Waals surface area contributed by atoms with Gasteiger partial charge >= 0.3 is 0 Å². The number of hydrogen-bond acceptors (Lipinski definition) is 4. The Morgan fingerprint density at radius 3 is 2.65 bits per heavy atom. The fourth-order valence-corrected chi connectivity index (χ4v) is 3.79. The Morgan fingerprint density at radius 1 is 1.23 bits per heavy atom. The Hall–Kier alpha value is -2.40. The summed E-state index contributed by atoms with van der Waals surface area (Å²) in [5.41, 5.74) is 4.26. The third kappa shape index (κ3) is 4.05. The van der Waals surface area contributed by atoms with Gasteiger partial charge < -0.3 is 4.74 Å². The fraction of sp³-hybridized carbons (Fsp3) is 0.333. The number of aryl methyl sites for hydroxylation is 2. The van der Waals surface area contributed by atoms with Crippen LogP contribution in [0.1, 0.15) is 42.9 Å². The van der Waals surface area contributed by atoms with Gasteiger partial charge in [-0.25, -0.2) is 4.98 Å². The van der Waals surface area contributed by atoms with Gasteiger partial charge in [-0.05, 0) is 55.0 Å². The topological polar surface area (TPSA) is 51.2 Å². The molecule has 1 N–H and O–H groups in total. The number of rotatable bonds is 6. The molecule has 0 saturated carbocycles. The molecule has 2 aromatic carbocycles. The Labute approximate surface area is 158 Å². The summed E-state index contributed by atoms with van der Waals surface area (Å²) in [5, 5.41) is 3.45. The largest absolute Gasteiger partial charge is 0.483 e. The summed E-state index contributed by atoms with van der Waals surface area (Å²) in [6, 6.07) is 12.2. The van der Waals surface area contributed by atoms with Crippen molar-refractivity contribution in [2.75, 3.05) is 11.9 Å². The maximum absolute atomic E-state index is 12.2. The van der Waals surface area contributed by atoms with Gasteiger partial charge in [0, 0.05) is 0 Å². The maximum atomic E-state index is 12.2. The predicted octanol–water partition coefficient (Wildman–Crippen LogP) is 5.44. The zero-order valence-corrected chi connectivity index (χ0v) is 16.4. The first-order chi connectivity index (χ1) is 12.5. The highest BCUT2D eigenvalue weighted by molar-refractivity contribution is 7.22. The highest BCUT2D eigenvalue weighted by Crippen LogP contribution is 2.30. The molecule has 0 radical (unpaired) electrons. The molecule has 1 aromatic heterocycles. The van der Waals surface area contributed by atoms with Gasteiger partial charge in [-0.15, -0.1) is 0 Å². The average molecular weight is 369 g/mol. The van der Waals surface area contributed by atoms with Crippen molar-refractivity contribution in [1.29, 1.82) is 0 Å². The Bertz CT molecular complexity index is 913. The molecule has 0 aliphatic heterocycles. The second-order valence-corrected chi connectivity index (χ2v) is 7.64. The van der Waals surface area contributed by atoms with Crippen LogP contribution >= 0.6 is 11.3 Å². The minimum atomic E-state index is -0.200. The SMILES string of the molecule is CCC(C)c1ccc2nc(NC(=O)COc3c(C)cccc3C)sc2c1. The van der Waals surface area contributed by atoms with E-state index in [1.54, 1.807) is 0 Å². The van der Waals surface area contributed by atoms with Gasteiger partial charge in [-0.2, -0.15) is 0 Å². The molecule has 0 saturated heterocycles. The number of fused-ring (bicyclic) bond motifs is 1. The third-order valence-electron chi connectivity index (χ3n) is 4.60. The van der Waals surface area contributed by atoms with Gasteiger partial charge in [-0.3, -0.25) is 10.1 Å². The number of carbonyl (C=O) groups is 1. The van der Waals surface area contributed by atoms with Crippen molar-refractivity contribution in [3.05, 3.63) is 53.1 Å². The molecule has 26 heavy (non-hydrogen) atoms. The van der Waals surface area contributed by atoms with Crippen molar-refractivity contribution in [2.24, 2.45) is 0 Å². The molecule has 0 aliphatic rings. The lowest BCUT2D eigenvalue weighted by Crippen LogP contribution is -2.20. The molecule has 1 amide bonds. The van der Waals surface area contributed by atoms with E-state index in [2.05, 4.69) is 36.3 Å². The number of amides is 1. The molecule has 1 atom stereocenters. The van der Waals surface area contributed by atoms with E-state index in [-0.39, 0.29) is 12.5 Å². The molecule has 1 heterocycles. The van der Waals surface area contributed by atoms with Crippen LogP contribution in [0.4, 0.5) is 5.13 Å². The minimum absolute atomic E-state index is 0.0280. The number of benzene rings is 2. The van der Waals surface area contributed by atoms with Gasteiger partial charge in [0.2, 0.25) is 0 Å². The van der Waals surface area contributed by atoms with E-state index in [0.717, 1.165) is 33.5 Å². The van der Waals surface area contributed by atoms with E-state index < -0.39 is 0 Å². The van der Waals surface area contributed by atoms with Crippen LogP contribution in [0.2, 0.25) is 0 Å². The lowest BCUT2D eigenvalue weighted by Gasteiger charge is -2.11. The second-order valence-electron chi connectivity index (χ2n) is 6.61. The molecule has 1 unspecified atom stereocenters. The number of carbonyl (C=O) groups excluding carboxylic acids is 1. The number of para-hydroxylation sites is 1. The van der Waals surface area contributed by atoms with Gasteiger partial charge in [0.25, 0.3) is 5.91 Å². The molecule has 4 nitrogen and oxygen atoms in total. The summed E-state index contributed by atoms with van der Waals surface area (Å²) in [4.78, 5) is 16.7. The standard InChI is InChI=1S/C21H24N2O2S/c1-5-13(2)16-9-10-17-18(11-16)26-21(22-17)23-19(24)12-25-20-14(3)7-6-8-15(20)4/h6-11,13H,5,12H2,1-4H3,(H,22,23,24). The number of anilines is 1. The van der Waals surface area contributed by atoms with Gasteiger partial charge in [0.05, 0.1) is 10.2 Å². The molecule has 0 bridgehead atoms. The number of thiazole rings is 1. The summed E-state index contributed by atoms with van der Waals surface area (Å²) in [5.74, 6) is 1.09. The number of ether oxygens (including phenoxy) is 1. The lowest BCUT2D eigenvalue weighted by molar-refractivity contribution is -0.118. The molecule has 0 fully saturated rings. The van der Waals surface area contributed by atoms with Crippen molar-refractivity contribution in [1.82, 2.24) is 4.98 Å². The van der Waals surface area contributed by atoms with Crippen LogP contribution in [-0.4, -0.2) is 17.5 Å². The van der Waals surface area contributed by atoms with Crippen LogP contribution in [0.15, 0.2) is 36.4 Å². The van der Waals surface area contributed by atoms with Crippen molar-refractivity contribution >= 4 is 32.6 Å². The van der Waals surface area contributed by atoms with E-state index in [0.29, 0.717) is 11.0 Å². The number of nitrogens with zero attached hydrogens (tertiary/aromatic N) is 1. The van der Waals surface area contributed by atoms with Crippen molar-refractivity contribution in [3.63, 3.8) is 0 Å². The summed E-state index contributed by atoms with van der Waals surface area (Å²) in [6.07, 6.45) is 1.10. The third-order valence-corrected chi connectivity index (χ3v) is 5.53. The summed E-state index contributed by atoms with van der Waals surface area (Å²) in [7, 11) is 0. The van der Waals surface area contributed by atoms with Crippen molar-refractivity contribution in [3.8, 4) is 5.75 Å². The van der Waals surface area contributed by atoms with Crippen LogP contribution in [0.25, 0.3) is 10.2 Å². The molecule has 3 rings (SSSR count). The zero-order chi connectivity index (χ0) is 18.7. The van der Waals surface area contributed by atoms with Gasteiger partial charge in [-0.1, -0.05) is 49.4 Å². The predicted molar refractivity (Wildman–Crippen MR) is 108 cm³/mol. The first kappa shape index (κ1) is 18.4. The summed E-state index contributed by atoms with van der Waals surface area (Å²) >= 11 is 1.50. The maximum Gasteiger partial charge on any atom is 0.264 e. The number of aromatic nitrogens is 1. The molecular weight excluding hydrogens is 344 g/mol. The van der Waals surface area contributed by atoms with Gasteiger partial charge in [0.15, 0.2) is 11.7 Å². The van der Waals surface area contributed by atoms with Crippen LogP contribution in [0, 0.1) is 13.8 Å². The summed E-state index contributed by atoms with van der Waals surface area (Å²) < 4.78 is 6.80. The molecule has 0 spiro atoms. The highest BCUT2D eigenvalue weighted by atomic mass is 32.1. The normalized spacial score (nSPS) is 12.2. The van der Waals surface area contributed by atoms with Crippen molar-refractivity contribution in [2.45, 2.75) is 40.0 Å². The van der Waals surface area contributed by atoms with E-state index in [4.69, 9.17) is 4.74 Å². The van der Waals surface area contributed by atoms with Crippen LogP contribution in [0.3, 0.4) is 0 Å². The molecule has 3 aromatic rings. The van der Waals surface area contributed by atoms with Gasteiger partial charge in [0.1, 0.15) is 5.75 Å². The molecule has 0 aliphatic carbocycles. The molecule has 5 heteroatoms. The Balaban J connectivity index is 1.67. The number of nitrogens with one attached hydrogen (secondary N) is 1. The van der Waals surface area contributed by atoms with E-state index >= 15 is 0 Å². The second kappa shape index (κ2) is 7.87. The minimum Gasteiger partial charge on any atom is -0.483 e. The quantitative estimate of drug-likeness (QED) is 0.630. The lowest BCUT2D eigenvalue weighted by atomic mass is 9.99.